The van der Waals surface area contributed by atoms with Gasteiger partial charge in [-0.3, -0.25) is 4.79 Å². The predicted molar refractivity (Wildman–Crippen MR) is 94.1 cm³/mol. The highest BCUT2D eigenvalue weighted by Crippen LogP contribution is 2.29. The Bertz CT molecular complexity index is 850. The smallest absolute Gasteiger partial charge is 0.248 e. The summed E-state index contributed by atoms with van der Waals surface area (Å²) >= 11 is 0. The fraction of sp³-hybridized carbons (Fsp3) is 0.0500. The fourth-order valence-electron chi connectivity index (χ4n) is 2.15. The molecule has 0 atom stereocenters. The van der Waals surface area contributed by atoms with E-state index in [0.717, 1.165) is 5.76 Å². The summed E-state index contributed by atoms with van der Waals surface area (Å²) in [5, 5.41) is 2.82. The van der Waals surface area contributed by atoms with Gasteiger partial charge in [0.25, 0.3) is 0 Å². The molecule has 1 aromatic heterocycles. The Morgan fingerprint density at radius 1 is 1.00 bits per heavy atom. The number of anilines is 1. The van der Waals surface area contributed by atoms with Gasteiger partial charge in [0.15, 0.2) is 5.75 Å². The minimum Gasteiger partial charge on any atom is -0.462 e. The molecule has 0 saturated heterocycles. The van der Waals surface area contributed by atoms with Gasteiger partial charge in [-0.25, -0.2) is 0 Å². The van der Waals surface area contributed by atoms with Crippen LogP contribution in [0.15, 0.2) is 77.2 Å². The monoisotopic (exact) mass is 319 g/mol. The second kappa shape index (κ2) is 7.33. The first-order valence-corrected chi connectivity index (χ1v) is 7.58. The predicted octanol–water partition coefficient (Wildman–Crippen LogP) is 5.03. The summed E-state index contributed by atoms with van der Waals surface area (Å²) in [5.41, 5.74) is 0.603. The maximum atomic E-state index is 12.1. The topological polar surface area (TPSA) is 51.5 Å². The molecule has 1 amide bonds. The van der Waals surface area contributed by atoms with E-state index in [2.05, 4.69) is 5.32 Å². The van der Waals surface area contributed by atoms with Crippen molar-refractivity contribution in [3.63, 3.8) is 0 Å². The van der Waals surface area contributed by atoms with E-state index in [4.69, 9.17) is 9.15 Å². The van der Waals surface area contributed by atoms with Crippen molar-refractivity contribution in [2.24, 2.45) is 0 Å². The number of nitrogens with one attached hydrogen (secondary N) is 1. The maximum Gasteiger partial charge on any atom is 0.248 e. The van der Waals surface area contributed by atoms with Crippen molar-refractivity contribution >= 4 is 17.7 Å². The number of carbonyl (C=O) groups excluding carboxylic acids is 1. The van der Waals surface area contributed by atoms with Crippen LogP contribution in [0.25, 0.3) is 6.08 Å². The lowest BCUT2D eigenvalue weighted by Crippen LogP contribution is -2.08. The SMILES string of the molecule is Cc1ccc(/C=C/C(=O)Nc2ccccc2Oc2ccccc2)o1. The molecule has 4 nitrogen and oxygen atoms in total. The fourth-order valence-corrected chi connectivity index (χ4v) is 2.15. The lowest BCUT2D eigenvalue weighted by Gasteiger charge is -2.11. The van der Waals surface area contributed by atoms with Crippen LogP contribution in [0.1, 0.15) is 11.5 Å². The Balaban J connectivity index is 1.70. The van der Waals surface area contributed by atoms with Gasteiger partial charge >= 0.3 is 0 Å². The van der Waals surface area contributed by atoms with Crippen molar-refractivity contribution in [2.45, 2.75) is 6.92 Å². The van der Waals surface area contributed by atoms with E-state index in [0.29, 0.717) is 22.9 Å². The number of para-hydroxylation sites is 3. The minimum absolute atomic E-state index is 0.256. The van der Waals surface area contributed by atoms with E-state index >= 15 is 0 Å². The Labute approximate surface area is 140 Å². The quantitative estimate of drug-likeness (QED) is 0.671. The molecule has 0 aliphatic heterocycles. The third-order valence-electron chi connectivity index (χ3n) is 3.28. The number of carbonyl (C=O) groups is 1. The Hall–Kier alpha value is -3.27. The third kappa shape index (κ3) is 4.14. The highest BCUT2D eigenvalue weighted by Gasteiger charge is 2.06. The van der Waals surface area contributed by atoms with E-state index in [9.17, 15) is 4.79 Å². The highest BCUT2D eigenvalue weighted by atomic mass is 16.5. The van der Waals surface area contributed by atoms with Crippen LogP contribution in [0.2, 0.25) is 0 Å². The van der Waals surface area contributed by atoms with Crippen molar-refractivity contribution in [2.75, 3.05) is 5.32 Å². The molecule has 0 spiro atoms. The van der Waals surface area contributed by atoms with Crippen LogP contribution in [0, 0.1) is 6.92 Å². The molecule has 3 aromatic rings. The molecule has 0 radical (unpaired) electrons. The number of hydrogen-bond acceptors (Lipinski definition) is 3. The molecule has 120 valence electrons. The van der Waals surface area contributed by atoms with Gasteiger partial charge in [-0.1, -0.05) is 30.3 Å². The Kier molecular flexibility index (Phi) is 4.77. The van der Waals surface area contributed by atoms with Crippen LogP contribution in [-0.2, 0) is 4.79 Å². The van der Waals surface area contributed by atoms with Gasteiger partial charge in [0, 0.05) is 6.08 Å². The van der Waals surface area contributed by atoms with Crippen LogP contribution >= 0.6 is 0 Å². The number of hydrogen-bond donors (Lipinski definition) is 1. The molecule has 0 bridgehead atoms. The average Bonchev–Trinajstić information content (AvgIpc) is 3.01. The summed E-state index contributed by atoms with van der Waals surface area (Å²) < 4.78 is 11.2. The number of rotatable bonds is 5. The van der Waals surface area contributed by atoms with E-state index in [1.165, 1.54) is 6.08 Å². The van der Waals surface area contributed by atoms with Gasteiger partial charge in [0.1, 0.15) is 17.3 Å². The normalized spacial score (nSPS) is 10.7. The number of aryl methyl sites for hydroxylation is 1. The molecule has 4 heteroatoms. The minimum atomic E-state index is -0.256. The molecular weight excluding hydrogens is 302 g/mol. The first-order valence-electron chi connectivity index (χ1n) is 7.58. The summed E-state index contributed by atoms with van der Waals surface area (Å²) in [5.74, 6) is 2.47. The Morgan fingerprint density at radius 2 is 1.75 bits per heavy atom. The maximum absolute atomic E-state index is 12.1. The standard InChI is InChI=1S/C20H17NO3/c1-15-11-12-17(23-15)13-14-20(22)21-18-9-5-6-10-19(18)24-16-7-3-2-4-8-16/h2-14H,1H3,(H,21,22)/b14-13+. The molecule has 24 heavy (non-hydrogen) atoms. The molecule has 0 fully saturated rings. The second-order valence-corrected chi connectivity index (χ2v) is 5.18. The molecule has 3 rings (SSSR count). The van der Waals surface area contributed by atoms with Crippen LogP contribution < -0.4 is 10.1 Å². The molecule has 1 heterocycles. The lowest BCUT2D eigenvalue weighted by atomic mass is 10.2. The molecular formula is C20H17NO3. The molecule has 0 aliphatic carbocycles. The molecule has 1 N–H and O–H groups in total. The van der Waals surface area contributed by atoms with Crippen molar-refractivity contribution in [1.82, 2.24) is 0 Å². The van der Waals surface area contributed by atoms with Crippen molar-refractivity contribution in [3.8, 4) is 11.5 Å². The number of amides is 1. The number of benzene rings is 2. The molecule has 0 aliphatic rings. The number of ether oxygens (including phenoxy) is 1. The zero-order valence-corrected chi connectivity index (χ0v) is 13.2. The van der Waals surface area contributed by atoms with Gasteiger partial charge in [-0.05, 0) is 49.4 Å². The third-order valence-corrected chi connectivity index (χ3v) is 3.28. The van der Waals surface area contributed by atoms with E-state index in [-0.39, 0.29) is 5.91 Å². The van der Waals surface area contributed by atoms with Crippen molar-refractivity contribution in [3.05, 3.63) is 84.3 Å². The van der Waals surface area contributed by atoms with E-state index in [1.807, 2.05) is 67.6 Å². The van der Waals surface area contributed by atoms with Crippen molar-refractivity contribution < 1.29 is 13.9 Å². The largest absolute Gasteiger partial charge is 0.462 e. The summed E-state index contributed by atoms with van der Waals surface area (Å²) in [7, 11) is 0. The van der Waals surface area contributed by atoms with Crippen LogP contribution in [0.3, 0.4) is 0 Å². The Morgan fingerprint density at radius 3 is 2.50 bits per heavy atom. The second-order valence-electron chi connectivity index (χ2n) is 5.18. The average molecular weight is 319 g/mol. The van der Waals surface area contributed by atoms with Crippen LogP contribution in [0.4, 0.5) is 5.69 Å². The van der Waals surface area contributed by atoms with Crippen LogP contribution in [0.5, 0.6) is 11.5 Å². The van der Waals surface area contributed by atoms with Gasteiger partial charge in [0.05, 0.1) is 5.69 Å². The zero-order valence-electron chi connectivity index (χ0n) is 13.2. The van der Waals surface area contributed by atoms with Gasteiger partial charge in [-0.15, -0.1) is 0 Å². The lowest BCUT2D eigenvalue weighted by molar-refractivity contribution is -0.111. The highest BCUT2D eigenvalue weighted by molar-refractivity contribution is 6.02. The zero-order chi connectivity index (χ0) is 16.8. The molecule has 0 saturated carbocycles. The summed E-state index contributed by atoms with van der Waals surface area (Å²) in [6.45, 7) is 1.86. The van der Waals surface area contributed by atoms with Gasteiger partial charge in [-0.2, -0.15) is 0 Å². The summed E-state index contributed by atoms with van der Waals surface area (Å²) in [4.78, 5) is 12.1. The van der Waals surface area contributed by atoms with Gasteiger partial charge in [0.2, 0.25) is 5.91 Å². The van der Waals surface area contributed by atoms with Crippen molar-refractivity contribution in [1.29, 1.82) is 0 Å². The molecule has 2 aromatic carbocycles. The summed E-state index contributed by atoms with van der Waals surface area (Å²) in [6.07, 6.45) is 3.06. The van der Waals surface area contributed by atoms with E-state index in [1.54, 1.807) is 12.1 Å². The number of furan rings is 1. The van der Waals surface area contributed by atoms with Crippen LogP contribution in [-0.4, -0.2) is 5.91 Å². The first-order chi connectivity index (χ1) is 11.7. The van der Waals surface area contributed by atoms with Gasteiger partial charge < -0.3 is 14.5 Å². The first kappa shape index (κ1) is 15.6. The van der Waals surface area contributed by atoms with E-state index < -0.39 is 0 Å². The molecule has 0 unspecified atom stereocenters. The summed E-state index contributed by atoms with van der Waals surface area (Å²) in [6, 6.07) is 20.4.